The van der Waals surface area contributed by atoms with E-state index in [9.17, 15) is 0 Å². The van der Waals surface area contributed by atoms with Crippen LogP contribution in [0, 0.1) is 5.92 Å². The van der Waals surface area contributed by atoms with E-state index < -0.39 is 0 Å². The van der Waals surface area contributed by atoms with Crippen LogP contribution < -0.4 is 0 Å². The van der Waals surface area contributed by atoms with Gasteiger partial charge in [0.25, 0.3) is 0 Å². The van der Waals surface area contributed by atoms with Crippen molar-refractivity contribution in [3.8, 4) is 0 Å². The van der Waals surface area contributed by atoms with Crippen molar-refractivity contribution in [1.82, 2.24) is 0 Å². The fraction of sp³-hybridized carbons (Fsp3) is 0.375. The molecule has 3 aliphatic carbocycles. The first-order valence-electron chi connectivity index (χ1n) is 6.37. The van der Waals surface area contributed by atoms with Gasteiger partial charge in [-0.1, -0.05) is 48.1 Å². The Bertz CT molecular complexity index is 403. The number of allylic oxidation sites excluding steroid dienone is 10. The molecule has 16 heavy (non-hydrogen) atoms. The number of hydrogen-bond acceptors (Lipinski definition) is 0. The predicted octanol–water partition coefficient (Wildman–Crippen LogP) is 4.49. The van der Waals surface area contributed by atoms with Crippen molar-refractivity contribution in [3.63, 3.8) is 0 Å². The van der Waals surface area contributed by atoms with Crippen molar-refractivity contribution in [2.75, 3.05) is 0 Å². The van der Waals surface area contributed by atoms with Gasteiger partial charge in [0.15, 0.2) is 0 Å². The molecule has 1 saturated carbocycles. The Morgan fingerprint density at radius 3 is 2.31 bits per heavy atom. The van der Waals surface area contributed by atoms with Gasteiger partial charge in [0.2, 0.25) is 0 Å². The van der Waals surface area contributed by atoms with Crippen LogP contribution in [0.1, 0.15) is 32.1 Å². The molecule has 0 unspecified atom stereocenters. The Kier molecular flexibility index (Phi) is 2.65. The van der Waals surface area contributed by atoms with Gasteiger partial charge in [-0.15, -0.1) is 0 Å². The van der Waals surface area contributed by atoms with Crippen LogP contribution in [0.2, 0.25) is 0 Å². The molecule has 0 nitrogen and oxygen atoms in total. The van der Waals surface area contributed by atoms with Crippen LogP contribution in [0.25, 0.3) is 0 Å². The van der Waals surface area contributed by atoms with E-state index in [1.165, 1.54) is 31.3 Å². The molecule has 82 valence electrons. The third-order valence-electron chi connectivity index (χ3n) is 3.93. The standard InChI is InChI=1S/C16H18/c1-2-6-13(5-1)15-9-11-16(12-10-15)14-7-3-4-8-14/h1-3,5-8,16H,4,9-12H2. The first kappa shape index (κ1) is 9.89. The van der Waals surface area contributed by atoms with E-state index >= 15 is 0 Å². The molecule has 3 aliphatic rings. The van der Waals surface area contributed by atoms with Crippen LogP contribution in [-0.2, 0) is 0 Å². The lowest BCUT2D eigenvalue weighted by Crippen LogP contribution is -2.10. The highest BCUT2D eigenvalue weighted by Crippen LogP contribution is 2.37. The third-order valence-corrected chi connectivity index (χ3v) is 3.93. The van der Waals surface area contributed by atoms with E-state index in [0.29, 0.717) is 0 Å². The van der Waals surface area contributed by atoms with E-state index in [0.717, 1.165) is 12.3 Å². The minimum atomic E-state index is 0.831. The second-order valence-corrected chi connectivity index (χ2v) is 4.89. The molecule has 0 bridgehead atoms. The van der Waals surface area contributed by atoms with Crippen molar-refractivity contribution >= 4 is 0 Å². The largest absolute Gasteiger partial charge is 0.0805 e. The second-order valence-electron chi connectivity index (χ2n) is 4.89. The lowest BCUT2D eigenvalue weighted by molar-refractivity contribution is 0.472. The number of hydrogen-bond donors (Lipinski definition) is 0. The van der Waals surface area contributed by atoms with E-state index in [2.05, 4.69) is 42.5 Å². The summed E-state index contributed by atoms with van der Waals surface area (Å²) in [5, 5.41) is 0. The van der Waals surface area contributed by atoms with Crippen LogP contribution in [-0.4, -0.2) is 0 Å². The molecule has 0 spiro atoms. The summed E-state index contributed by atoms with van der Waals surface area (Å²) in [4.78, 5) is 0. The zero-order valence-electron chi connectivity index (χ0n) is 9.65. The average Bonchev–Trinajstić information content (AvgIpc) is 3.03. The highest BCUT2D eigenvalue weighted by Gasteiger charge is 2.20. The molecule has 0 heteroatoms. The number of rotatable bonds is 1. The van der Waals surface area contributed by atoms with E-state index in [4.69, 9.17) is 0 Å². The predicted molar refractivity (Wildman–Crippen MR) is 69.1 cm³/mol. The maximum absolute atomic E-state index is 2.40. The Hall–Kier alpha value is -1.30. The lowest BCUT2D eigenvalue weighted by Gasteiger charge is -2.25. The van der Waals surface area contributed by atoms with Gasteiger partial charge in [-0.05, 0) is 49.2 Å². The summed E-state index contributed by atoms with van der Waals surface area (Å²) in [6.07, 6.45) is 22.3. The Labute approximate surface area is 97.7 Å². The Balaban J connectivity index is 1.68. The summed E-state index contributed by atoms with van der Waals surface area (Å²) in [5.41, 5.74) is 4.75. The summed E-state index contributed by atoms with van der Waals surface area (Å²) in [5.74, 6) is 0.831. The minimum absolute atomic E-state index is 0.831. The lowest BCUT2D eigenvalue weighted by atomic mass is 9.80. The third kappa shape index (κ3) is 1.84. The van der Waals surface area contributed by atoms with Gasteiger partial charge in [-0.2, -0.15) is 0 Å². The molecule has 0 radical (unpaired) electrons. The summed E-state index contributed by atoms with van der Waals surface area (Å²) in [6.45, 7) is 0. The molecule has 0 atom stereocenters. The molecule has 0 heterocycles. The molecule has 0 N–H and O–H groups in total. The summed E-state index contributed by atoms with van der Waals surface area (Å²) >= 11 is 0. The SMILES string of the molecule is C1=CC(=C2CCC(C3=CCC=C3)CC2)C=C1. The molecular weight excluding hydrogens is 192 g/mol. The molecular formula is C16H18. The van der Waals surface area contributed by atoms with Crippen LogP contribution >= 0.6 is 0 Å². The molecule has 0 aliphatic heterocycles. The summed E-state index contributed by atoms with van der Waals surface area (Å²) < 4.78 is 0. The first-order valence-corrected chi connectivity index (χ1v) is 6.37. The molecule has 0 aromatic rings. The monoisotopic (exact) mass is 210 g/mol. The van der Waals surface area contributed by atoms with Gasteiger partial charge in [-0.25, -0.2) is 0 Å². The van der Waals surface area contributed by atoms with Crippen molar-refractivity contribution in [2.45, 2.75) is 32.1 Å². The minimum Gasteiger partial charge on any atom is -0.0805 e. The fourth-order valence-corrected chi connectivity index (χ4v) is 2.98. The molecule has 0 aromatic heterocycles. The maximum atomic E-state index is 2.40. The van der Waals surface area contributed by atoms with E-state index in [-0.39, 0.29) is 0 Å². The zero-order valence-corrected chi connectivity index (χ0v) is 9.65. The van der Waals surface area contributed by atoms with Gasteiger partial charge in [-0.3, -0.25) is 0 Å². The molecule has 3 rings (SSSR count). The molecule has 0 aromatic carbocycles. The molecule has 1 fully saturated rings. The van der Waals surface area contributed by atoms with Crippen LogP contribution in [0.4, 0.5) is 0 Å². The molecule has 0 saturated heterocycles. The van der Waals surface area contributed by atoms with Crippen molar-refractivity contribution in [2.24, 2.45) is 5.92 Å². The highest BCUT2D eigenvalue weighted by atomic mass is 14.3. The van der Waals surface area contributed by atoms with Crippen molar-refractivity contribution in [3.05, 3.63) is 59.3 Å². The van der Waals surface area contributed by atoms with Gasteiger partial charge in [0.05, 0.1) is 0 Å². The zero-order chi connectivity index (χ0) is 10.8. The topological polar surface area (TPSA) is 0 Å². The van der Waals surface area contributed by atoms with Crippen molar-refractivity contribution < 1.29 is 0 Å². The quantitative estimate of drug-likeness (QED) is 0.598. The first-order chi connectivity index (χ1) is 7.93. The van der Waals surface area contributed by atoms with E-state index in [1.54, 1.807) is 11.1 Å². The van der Waals surface area contributed by atoms with Gasteiger partial charge >= 0.3 is 0 Å². The van der Waals surface area contributed by atoms with Gasteiger partial charge in [0.1, 0.15) is 0 Å². The Morgan fingerprint density at radius 2 is 1.69 bits per heavy atom. The second kappa shape index (κ2) is 4.29. The van der Waals surface area contributed by atoms with Crippen LogP contribution in [0.5, 0.6) is 0 Å². The van der Waals surface area contributed by atoms with Crippen LogP contribution in [0.15, 0.2) is 59.3 Å². The van der Waals surface area contributed by atoms with Gasteiger partial charge < -0.3 is 0 Å². The van der Waals surface area contributed by atoms with E-state index in [1.807, 2.05) is 0 Å². The fourth-order valence-electron chi connectivity index (χ4n) is 2.98. The average molecular weight is 210 g/mol. The maximum Gasteiger partial charge on any atom is -0.0159 e. The Morgan fingerprint density at radius 1 is 0.938 bits per heavy atom. The summed E-state index contributed by atoms with van der Waals surface area (Å²) in [6, 6.07) is 0. The molecule has 0 amide bonds. The van der Waals surface area contributed by atoms with Crippen LogP contribution in [0.3, 0.4) is 0 Å². The van der Waals surface area contributed by atoms with Gasteiger partial charge in [0, 0.05) is 0 Å². The smallest absolute Gasteiger partial charge is 0.0159 e. The van der Waals surface area contributed by atoms with Crippen molar-refractivity contribution in [1.29, 1.82) is 0 Å². The highest BCUT2D eigenvalue weighted by molar-refractivity contribution is 5.44. The normalized spacial score (nSPS) is 28.0. The summed E-state index contributed by atoms with van der Waals surface area (Å²) in [7, 11) is 0.